The second kappa shape index (κ2) is 7.74. The lowest BCUT2D eigenvalue weighted by molar-refractivity contribution is -0.141. The number of amides is 1. The molecule has 31 heavy (non-hydrogen) atoms. The van der Waals surface area contributed by atoms with Crippen LogP contribution in [0.5, 0.6) is 0 Å². The third-order valence-electron chi connectivity index (χ3n) is 5.15. The molecule has 0 atom stereocenters. The Morgan fingerprint density at radius 2 is 2.00 bits per heavy atom. The molecule has 2 heterocycles. The third-order valence-corrected chi connectivity index (χ3v) is 5.87. The molecule has 1 aliphatic carbocycles. The maximum absolute atomic E-state index is 14.8. The van der Waals surface area contributed by atoms with E-state index in [1.54, 1.807) is 7.05 Å². The number of carbonyl (C=O) groups is 1. The summed E-state index contributed by atoms with van der Waals surface area (Å²) in [6.07, 6.45) is -1.49. The molecule has 3 aromatic rings. The summed E-state index contributed by atoms with van der Waals surface area (Å²) in [5.74, 6) is -0.826. The van der Waals surface area contributed by atoms with E-state index in [-0.39, 0.29) is 22.3 Å². The molecule has 0 unspecified atom stereocenters. The second-order valence-electron chi connectivity index (χ2n) is 7.52. The average Bonchev–Trinajstić information content (AvgIpc) is 3.52. The SMILES string of the molecule is CN(CC1CC1)C(=O)c1ccc(-c2cccn3c(=O)c(Br)c(C(F)(F)F)nc23)cc1F. The van der Waals surface area contributed by atoms with Crippen molar-refractivity contribution in [3.05, 3.63) is 68.4 Å². The maximum Gasteiger partial charge on any atom is 0.434 e. The van der Waals surface area contributed by atoms with Gasteiger partial charge in [-0.15, -0.1) is 0 Å². The summed E-state index contributed by atoms with van der Waals surface area (Å²) >= 11 is 2.67. The maximum atomic E-state index is 14.8. The highest BCUT2D eigenvalue weighted by Gasteiger charge is 2.37. The van der Waals surface area contributed by atoms with Crippen molar-refractivity contribution in [3.63, 3.8) is 0 Å². The summed E-state index contributed by atoms with van der Waals surface area (Å²) in [5.41, 5.74) is -2.38. The van der Waals surface area contributed by atoms with E-state index in [9.17, 15) is 27.2 Å². The minimum atomic E-state index is -4.85. The fourth-order valence-electron chi connectivity index (χ4n) is 3.39. The van der Waals surface area contributed by atoms with E-state index in [2.05, 4.69) is 20.9 Å². The molecule has 4 rings (SSSR count). The fourth-order valence-corrected chi connectivity index (χ4v) is 3.89. The normalized spacial score (nSPS) is 14.1. The van der Waals surface area contributed by atoms with Gasteiger partial charge in [-0.05, 0) is 64.5 Å². The van der Waals surface area contributed by atoms with Gasteiger partial charge >= 0.3 is 6.18 Å². The first-order valence-electron chi connectivity index (χ1n) is 9.41. The van der Waals surface area contributed by atoms with Gasteiger partial charge in [0.1, 0.15) is 15.9 Å². The van der Waals surface area contributed by atoms with Gasteiger partial charge in [0.15, 0.2) is 5.69 Å². The molecular formula is C21H16BrF4N3O2. The van der Waals surface area contributed by atoms with Crippen LogP contribution in [0.3, 0.4) is 0 Å². The molecule has 0 spiro atoms. The Morgan fingerprint density at radius 3 is 2.61 bits per heavy atom. The van der Waals surface area contributed by atoms with E-state index in [0.717, 1.165) is 23.3 Å². The van der Waals surface area contributed by atoms with E-state index >= 15 is 0 Å². The Hall–Kier alpha value is -2.75. The van der Waals surface area contributed by atoms with Crippen LogP contribution in [0.25, 0.3) is 16.8 Å². The summed E-state index contributed by atoms with van der Waals surface area (Å²) < 4.78 is 55.0. The quantitative estimate of drug-likeness (QED) is 0.488. The minimum Gasteiger partial charge on any atom is -0.341 e. The average molecular weight is 498 g/mol. The smallest absolute Gasteiger partial charge is 0.341 e. The van der Waals surface area contributed by atoms with E-state index in [0.29, 0.717) is 12.5 Å². The number of hydrogen-bond donors (Lipinski definition) is 0. The van der Waals surface area contributed by atoms with Gasteiger partial charge in [-0.2, -0.15) is 13.2 Å². The van der Waals surface area contributed by atoms with Crippen LogP contribution < -0.4 is 5.56 Å². The first-order chi connectivity index (χ1) is 14.6. The number of halogens is 5. The van der Waals surface area contributed by atoms with Crippen LogP contribution in [0.4, 0.5) is 17.6 Å². The predicted octanol–water partition coefficient (Wildman–Crippen LogP) is 4.76. The molecule has 0 N–H and O–H groups in total. The van der Waals surface area contributed by atoms with Crippen LogP contribution in [0.2, 0.25) is 0 Å². The number of pyridine rings is 1. The number of nitrogens with zero attached hydrogens (tertiary/aromatic N) is 3. The van der Waals surface area contributed by atoms with Crippen molar-refractivity contribution in [1.29, 1.82) is 0 Å². The highest BCUT2D eigenvalue weighted by atomic mass is 79.9. The van der Waals surface area contributed by atoms with Gasteiger partial charge in [-0.1, -0.05) is 6.07 Å². The second-order valence-corrected chi connectivity index (χ2v) is 8.31. The molecule has 0 saturated heterocycles. The number of alkyl halides is 3. The van der Waals surface area contributed by atoms with Crippen molar-refractivity contribution >= 4 is 27.5 Å². The van der Waals surface area contributed by atoms with Crippen LogP contribution >= 0.6 is 15.9 Å². The van der Waals surface area contributed by atoms with Gasteiger partial charge in [-0.25, -0.2) is 9.37 Å². The Morgan fingerprint density at radius 1 is 1.29 bits per heavy atom. The van der Waals surface area contributed by atoms with Gasteiger partial charge in [0.25, 0.3) is 11.5 Å². The number of fused-ring (bicyclic) bond motifs is 1. The Balaban J connectivity index is 1.80. The zero-order valence-electron chi connectivity index (χ0n) is 16.2. The molecule has 1 fully saturated rings. The lowest BCUT2D eigenvalue weighted by atomic mass is 10.0. The predicted molar refractivity (Wildman–Crippen MR) is 109 cm³/mol. The molecule has 10 heteroatoms. The van der Waals surface area contributed by atoms with Crippen molar-refractivity contribution in [2.45, 2.75) is 19.0 Å². The van der Waals surface area contributed by atoms with E-state index in [4.69, 9.17) is 0 Å². The van der Waals surface area contributed by atoms with Gasteiger partial charge in [0.05, 0.1) is 5.56 Å². The van der Waals surface area contributed by atoms with Crippen LogP contribution in [-0.4, -0.2) is 33.8 Å². The molecule has 0 bridgehead atoms. The van der Waals surface area contributed by atoms with Crippen LogP contribution in [-0.2, 0) is 6.18 Å². The molecular weight excluding hydrogens is 482 g/mol. The van der Waals surface area contributed by atoms with Crippen LogP contribution in [0.15, 0.2) is 45.8 Å². The minimum absolute atomic E-state index is 0.127. The number of benzene rings is 1. The summed E-state index contributed by atoms with van der Waals surface area (Å²) in [4.78, 5) is 30.0. The highest BCUT2D eigenvalue weighted by Crippen LogP contribution is 2.34. The monoisotopic (exact) mass is 497 g/mol. The van der Waals surface area contributed by atoms with Crippen molar-refractivity contribution in [2.75, 3.05) is 13.6 Å². The van der Waals surface area contributed by atoms with E-state index < -0.39 is 33.6 Å². The Kier molecular flexibility index (Phi) is 5.36. The molecule has 0 radical (unpaired) electrons. The standard InChI is InChI=1S/C21H16BrF4N3O2/c1-28(10-11-4-5-11)19(30)14-7-6-12(9-15(14)23)13-3-2-8-29-18(13)27-17(21(24,25)26)16(22)20(29)31/h2-3,6-9,11H,4-5,10H2,1H3. The van der Waals surface area contributed by atoms with E-state index in [1.807, 2.05) is 0 Å². The number of hydrogen-bond acceptors (Lipinski definition) is 3. The third kappa shape index (κ3) is 4.08. The molecule has 1 amide bonds. The van der Waals surface area contributed by atoms with Crippen molar-refractivity contribution in [3.8, 4) is 11.1 Å². The zero-order chi connectivity index (χ0) is 22.5. The number of rotatable bonds is 4. The molecule has 1 aliphatic rings. The van der Waals surface area contributed by atoms with Gasteiger partial charge in [0.2, 0.25) is 0 Å². The van der Waals surface area contributed by atoms with Crippen LogP contribution in [0, 0.1) is 11.7 Å². The molecule has 162 valence electrons. The summed E-state index contributed by atoms with van der Waals surface area (Å²) in [7, 11) is 1.60. The first-order valence-corrected chi connectivity index (χ1v) is 10.2. The van der Waals surface area contributed by atoms with Crippen LogP contribution in [0.1, 0.15) is 28.9 Å². The first kappa shape index (κ1) is 21.5. The number of aromatic nitrogens is 2. The highest BCUT2D eigenvalue weighted by molar-refractivity contribution is 9.10. The topological polar surface area (TPSA) is 54.7 Å². The Labute approximate surface area is 182 Å². The van der Waals surface area contributed by atoms with Gasteiger partial charge < -0.3 is 4.90 Å². The molecule has 0 aliphatic heterocycles. The van der Waals surface area contributed by atoms with Crippen molar-refractivity contribution in [2.24, 2.45) is 5.92 Å². The molecule has 2 aromatic heterocycles. The molecule has 1 aromatic carbocycles. The largest absolute Gasteiger partial charge is 0.434 e. The van der Waals surface area contributed by atoms with E-state index in [1.165, 1.54) is 35.4 Å². The zero-order valence-corrected chi connectivity index (χ0v) is 17.8. The lowest BCUT2D eigenvalue weighted by Crippen LogP contribution is -2.29. The molecule has 1 saturated carbocycles. The fraction of sp³-hybridized carbons (Fsp3) is 0.286. The number of carbonyl (C=O) groups excluding carboxylic acids is 1. The summed E-state index contributed by atoms with van der Waals surface area (Å²) in [6.45, 7) is 0.547. The summed E-state index contributed by atoms with van der Waals surface area (Å²) in [5, 5.41) is 0. The molecule has 5 nitrogen and oxygen atoms in total. The van der Waals surface area contributed by atoms with Gasteiger partial charge in [-0.3, -0.25) is 14.0 Å². The summed E-state index contributed by atoms with van der Waals surface area (Å²) in [6, 6.07) is 6.67. The van der Waals surface area contributed by atoms with Crippen molar-refractivity contribution < 1.29 is 22.4 Å². The lowest BCUT2D eigenvalue weighted by Gasteiger charge is -2.17. The van der Waals surface area contributed by atoms with Crippen molar-refractivity contribution in [1.82, 2.24) is 14.3 Å². The Bertz CT molecular complexity index is 1250. The van der Waals surface area contributed by atoms with Gasteiger partial charge in [0, 0.05) is 25.4 Å².